The van der Waals surface area contributed by atoms with Crippen molar-refractivity contribution in [3.05, 3.63) is 63.9 Å². The van der Waals surface area contributed by atoms with E-state index >= 15 is 8.78 Å². The number of ether oxygens (including phenoxy) is 2. The van der Waals surface area contributed by atoms with Crippen LogP contribution in [0.25, 0.3) is 10.9 Å². The highest BCUT2D eigenvalue weighted by molar-refractivity contribution is 5.93. The molecule has 2 heterocycles. The van der Waals surface area contributed by atoms with Gasteiger partial charge >= 0.3 is 5.97 Å². The molecule has 2 atom stereocenters. The van der Waals surface area contributed by atoms with Crippen LogP contribution < -0.4 is 19.8 Å². The molecule has 11 heteroatoms. The lowest BCUT2D eigenvalue weighted by Gasteiger charge is -2.41. The van der Waals surface area contributed by atoms with Crippen LogP contribution in [0.3, 0.4) is 0 Å². The molecule has 1 aromatic heterocycles. The Morgan fingerprint density at radius 3 is 2.47 bits per heavy atom. The second-order valence-electron chi connectivity index (χ2n) is 9.31. The minimum Gasteiger partial charge on any atom is -0.497 e. The second-order valence-corrected chi connectivity index (χ2v) is 9.31. The van der Waals surface area contributed by atoms with Crippen LogP contribution in [-0.2, 0) is 6.54 Å². The maximum atomic E-state index is 15.8. The number of fused-ring (bicyclic) bond motifs is 1. The summed E-state index contributed by atoms with van der Waals surface area (Å²) in [6.07, 6.45) is 0.316. The lowest BCUT2D eigenvalue weighted by molar-refractivity contribution is 0.0511. The van der Waals surface area contributed by atoms with Gasteiger partial charge in [-0.15, -0.1) is 0 Å². The number of carboxylic acids is 1. The third-order valence-corrected chi connectivity index (χ3v) is 6.83. The van der Waals surface area contributed by atoms with Gasteiger partial charge in [0.15, 0.2) is 5.82 Å². The quantitative estimate of drug-likeness (QED) is 0.435. The highest BCUT2D eigenvalue weighted by Crippen LogP contribution is 2.31. The van der Waals surface area contributed by atoms with E-state index in [4.69, 9.17) is 9.47 Å². The highest BCUT2D eigenvalue weighted by Gasteiger charge is 2.30. The van der Waals surface area contributed by atoms with Gasteiger partial charge in [0.1, 0.15) is 41.3 Å². The second kappa shape index (κ2) is 11.4. The summed E-state index contributed by atoms with van der Waals surface area (Å²) in [6.45, 7) is 5.20. The van der Waals surface area contributed by atoms with Crippen molar-refractivity contribution in [2.75, 3.05) is 44.8 Å². The first-order valence-corrected chi connectivity index (χ1v) is 12.4. The lowest BCUT2D eigenvalue weighted by Crippen LogP contribution is -2.54. The summed E-state index contributed by atoms with van der Waals surface area (Å²) in [5.41, 5.74) is -1.84. The fraction of sp³-hybridized carbons (Fsp3) is 0.407. The number of benzene rings is 2. The van der Waals surface area contributed by atoms with E-state index in [0.29, 0.717) is 31.1 Å². The topological polar surface area (TPSA) is 104 Å². The Morgan fingerprint density at radius 1 is 1.18 bits per heavy atom. The minimum atomic E-state index is -1.45. The van der Waals surface area contributed by atoms with Crippen LogP contribution in [0.4, 0.5) is 14.5 Å². The number of hydrogen-bond acceptors (Lipinski definition) is 7. The summed E-state index contributed by atoms with van der Waals surface area (Å²) in [7, 11) is 1.57. The summed E-state index contributed by atoms with van der Waals surface area (Å²) < 4.78 is 43.0. The van der Waals surface area contributed by atoms with Crippen LogP contribution in [0.5, 0.6) is 11.5 Å². The molecule has 0 bridgehead atoms. The molecule has 2 N–H and O–H groups in total. The van der Waals surface area contributed by atoms with Gasteiger partial charge in [-0.05, 0) is 44.2 Å². The van der Waals surface area contributed by atoms with Crippen molar-refractivity contribution in [1.29, 1.82) is 0 Å². The molecule has 4 rings (SSSR count). The largest absolute Gasteiger partial charge is 0.497 e. The van der Waals surface area contributed by atoms with E-state index in [1.54, 1.807) is 43.2 Å². The Balaban J connectivity index is 1.48. The molecule has 38 heavy (non-hydrogen) atoms. The number of nitrogens with zero attached hydrogens (tertiary/aromatic N) is 3. The van der Waals surface area contributed by atoms with Gasteiger partial charge in [0.25, 0.3) is 0 Å². The molecule has 0 amide bonds. The summed E-state index contributed by atoms with van der Waals surface area (Å²) in [5.74, 6) is -1.97. The van der Waals surface area contributed by atoms with E-state index in [2.05, 4.69) is 0 Å². The van der Waals surface area contributed by atoms with Gasteiger partial charge in [0.05, 0.1) is 18.0 Å². The molecule has 1 aliphatic heterocycles. The van der Waals surface area contributed by atoms with Crippen molar-refractivity contribution in [3.8, 4) is 11.5 Å². The average molecular weight is 532 g/mol. The minimum absolute atomic E-state index is 0.0834. The van der Waals surface area contributed by atoms with Gasteiger partial charge in [-0.25, -0.2) is 13.6 Å². The van der Waals surface area contributed by atoms with E-state index in [0.717, 1.165) is 12.3 Å². The molecule has 0 radical (unpaired) electrons. The van der Waals surface area contributed by atoms with E-state index in [1.165, 1.54) is 4.57 Å². The van der Waals surface area contributed by atoms with Gasteiger partial charge in [-0.1, -0.05) is 0 Å². The number of hydrogen-bond donors (Lipinski definition) is 2. The number of aromatic nitrogens is 1. The molecule has 3 aromatic rings. The molecule has 204 valence electrons. The normalized spacial score (nSPS) is 17.0. The van der Waals surface area contributed by atoms with E-state index in [-0.39, 0.29) is 42.3 Å². The zero-order valence-electron chi connectivity index (χ0n) is 21.5. The molecule has 1 aliphatic rings. The van der Waals surface area contributed by atoms with E-state index < -0.39 is 34.7 Å². The maximum Gasteiger partial charge on any atom is 0.341 e. The number of halogens is 2. The Bertz CT molecular complexity index is 1380. The average Bonchev–Trinajstić information content (AvgIpc) is 2.89. The first-order valence-electron chi connectivity index (χ1n) is 12.4. The van der Waals surface area contributed by atoms with Crippen LogP contribution in [0.15, 0.2) is 41.3 Å². The van der Waals surface area contributed by atoms with Gasteiger partial charge in [-0.2, -0.15) is 0 Å². The lowest BCUT2D eigenvalue weighted by atomic mass is 10.1. The highest BCUT2D eigenvalue weighted by atomic mass is 19.1. The van der Waals surface area contributed by atoms with E-state index in [9.17, 15) is 19.8 Å². The number of β-amino-alcohol motifs (C(OH)–C–C–N with tert-alkyl or cyclic N) is 1. The zero-order chi connectivity index (χ0) is 27.6. The fourth-order valence-electron chi connectivity index (χ4n) is 4.83. The summed E-state index contributed by atoms with van der Waals surface area (Å²) in [5, 5.41) is 19.5. The molecule has 0 saturated carbocycles. The zero-order valence-corrected chi connectivity index (χ0v) is 21.5. The van der Waals surface area contributed by atoms with Crippen molar-refractivity contribution in [2.45, 2.75) is 32.5 Å². The van der Waals surface area contributed by atoms with Crippen LogP contribution in [-0.4, -0.2) is 77.7 Å². The van der Waals surface area contributed by atoms with Crippen LogP contribution in [0.2, 0.25) is 0 Å². The fourth-order valence-corrected chi connectivity index (χ4v) is 4.83. The van der Waals surface area contributed by atoms with Crippen LogP contribution >= 0.6 is 0 Å². The van der Waals surface area contributed by atoms with Crippen molar-refractivity contribution in [1.82, 2.24) is 9.47 Å². The van der Waals surface area contributed by atoms with Crippen molar-refractivity contribution in [3.63, 3.8) is 0 Å². The third kappa shape index (κ3) is 5.44. The molecule has 2 unspecified atom stereocenters. The Morgan fingerprint density at radius 2 is 1.87 bits per heavy atom. The third-order valence-electron chi connectivity index (χ3n) is 6.83. The smallest absolute Gasteiger partial charge is 0.341 e. The number of methoxy groups -OCH3 is 1. The Kier molecular flexibility index (Phi) is 8.17. The summed E-state index contributed by atoms with van der Waals surface area (Å²) in [6, 6.07) is 7.81. The van der Waals surface area contributed by atoms with Gasteiger partial charge < -0.3 is 29.2 Å². The SMILES string of the molecule is CCn1cc(C(=O)O)c(=O)c2cc(F)c(N3CCN(CC(O)COc4ccc(OC)cc4)C(C)C3)c(F)c21. The molecular formula is C27H31F2N3O6. The number of anilines is 1. The molecule has 0 aliphatic carbocycles. The number of aliphatic hydroxyl groups excluding tert-OH is 1. The van der Waals surface area contributed by atoms with Crippen LogP contribution in [0.1, 0.15) is 24.2 Å². The number of aromatic carboxylic acids is 1. The molecule has 9 nitrogen and oxygen atoms in total. The number of rotatable bonds is 9. The number of carbonyl (C=O) groups is 1. The van der Waals surface area contributed by atoms with Crippen LogP contribution in [0, 0.1) is 11.6 Å². The van der Waals surface area contributed by atoms with Gasteiger partial charge in [0.2, 0.25) is 5.43 Å². The predicted octanol–water partition coefficient (Wildman–Crippen LogP) is 2.96. The summed E-state index contributed by atoms with van der Waals surface area (Å²) in [4.78, 5) is 27.7. The molecule has 2 aromatic carbocycles. The number of carboxylic acid groups (broad SMARTS) is 1. The predicted molar refractivity (Wildman–Crippen MR) is 139 cm³/mol. The number of aryl methyl sites for hydroxylation is 1. The van der Waals surface area contributed by atoms with Crippen molar-refractivity contribution in [2.24, 2.45) is 0 Å². The van der Waals surface area contributed by atoms with Gasteiger partial charge in [0, 0.05) is 45.0 Å². The van der Waals surface area contributed by atoms with Crippen molar-refractivity contribution < 1.29 is 33.3 Å². The number of aliphatic hydroxyl groups is 1. The summed E-state index contributed by atoms with van der Waals surface area (Å²) >= 11 is 0. The van der Waals surface area contributed by atoms with E-state index in [1.807, 2.05) is 11.8 Å². The maximum absolute atomic E-state index is 15.8. The molecule has 0 spiro atoms. The standard InChI is InChI=1S/C27H31F2N3O6/c1-4-30-14-21(27(35)36)26(34)20-11-22(28)25(23(29)24(20)30)32-10-9-31(16(2)12-32)13-17(33)15-38-19-7-5-18(37-3)6-8-19/h5-8,11,14,16-17,33H,4,9-10,12-13,15H2,1-3H3,(H,35,36). The Hall–Kier alpha value is -3.70. The van der Waals surface area contributed by atoms with Crippen molar-refractivity contribution >= 4 is 22.6 Å². The molecular weight excluding hydrogens is 500 g/mol. The Labute approximate surface area is 218 Å². The first kappa shape index (κ1) is 27.3. The number of pyridine rings is 1. The monoisotopic (exact) mass is 531 g/mol. The first-order chi connectivity index (χ1) is 18.1. The van der Waals surface area contributed by atoms with Gasteiger partial charge in [-0.3, -0.25) is 9.69 Å². The number of piperazine rings is 1. The molecule has 1 fully saturated rings. The molecule has 1 saturated heterocycles.